The van der Waals surface area contributed by atoms with E-state index in [1.807, 2.05) is 29.9 Å². The van der Waals surface area contributed by atoms with Crippen LogP contribution in [-0.2, 0) is 28.9 Å². The molecule has 1 amide bonds. The number of nitrogens with zero attached hydrogens (tertiary/aromatic N) is 2. The van der Waals surface area contributed by atoms with E-state index in [0.29, 0.717) is 29.2 Å². The predicted molar refractivity (Wildman–Crippen MR) is 116 cm³/mol. The number of hydrogen-bond donors (Lipinski definition) is 1. The minimum absolute atomic E-state index is 0.373. The van der Waals surface area contributed by atoms with Crippen LogP contribution in [0.5, 0.6) is 0 Å². The lowest BCUT2D eigenvalue weighted by Gasteiger charge is -2.13. The molecule has 3 aromatic rings. The summed E-state index contributed by atoms with van der Waals surface area (Å²) in [7, 11) is 0. The maximum atomic E-state index is 12.6. The number of nitriles is 1. The number of aryl methyl sites for hydroxylation is 1. The number of furan rings is 1. The summed E-state index contributed by atoms with van der Waals surface area (Å²) in [4.78, 5) is 26.4. The van der Waals surface area contributed by atoms with E-state index in [2.05, 4.69) is 11.4 Å². The molecule has 1 N–H and O–H groups in total. The molecule has 1 aliphatic rings. The van der Waals surface area contributed by atoms with E-state index in [1.165, 1.54) is 4.88 Å². The van der Waals surface area contributed by atoms with Crippen molar-refractivity contribution in [2.24, 2.45) is 0 Å². The SMILES string of the molecule is Cc1c(C#N)c(NC(=O)COC(=O)c2csc3c2CCCC3)n(Cc2ccco2)c1C. The van der Waals surface area contributed by atoms with E-state index in [4.69, 9.17) is 9.15 Å². The zero-order valence-electron chi connectivity index (χ0n) is 17.5. The monoisotopic (exact) mass is 437 g/mol. The highest BCUT2D eigenvalue weighted by Crippen LogP contribution is 2.31. The molecule has 3 heterocycles. The second kappa shape index (κ2) is 8.82. The Hall–Kier alpha value is -3.31. The number of rotatable bonds is 6. The zero-order valence-corrected chi connectivity index (χ0v) is 18.3. The summed E-state index contributed by atoms with van der Waals surface area (Å²) in [5, 5.41) is 14.2. The lowest BCUT2D eigenvalue weighted by molar-refractivity contribution is -0.119. The first kappa shape index (κ1) is 20.9. The molecule has 4 rings (SSSR count). The fraction of sp³-hybridized carbons (Fsp3) is 0.348. The first-order valence-electron chi connectivity index (χ1n) is 10.2. The van der Waals surface area contributed by atoms with Gasteiger partial charge in [-0.05, 0) is 62.8 Å². The zero-order chi connectivity index (χ0) is 22.0. The van der Waals surface area contributed by atoms with Gasteiger partial charge < -0.3 is 19.0 Å². The number of anilines is 1. The van der Waals surface area contributed by atoms with Gasteiger partial charge in [-0.25, -0.2) is 4.79 Å². The summed E-state index contributed by atoms with van der Waals surface area (Å²) in [6, 6.07) is 5.77. The van der Waals surface area contributed by atoms with Crippen molar-refractivity contribution in [2.45, 2.75) is 46.1 Å². The minimum Gasteiger partial charge on any atom is -0.467 e. The number of fused-ring (bicyclic) bond motifs is 1. The molecule has 0 aromatic carbocycles. The Labute approximate surface area is 184 Å². The Morgan fingerprint density at radius 2 is 2.13 bits per heavy atom. The largest absolute Gasteiger partial charge is 0.467 e. The smallest absolute Gasteiger partial charge is 0.339 e. The van der Waals surface area contributed by atoms with E-state index < -0.39 is 18.5 Å². The molecule has 7 nitrogen and oxygen atoms in total. The number of carbonyl (C=O) groups excluding carboxylic acids is 2. The van der Waals surface area contributed by atoms with Crippen LogP contribution in [0.4, 0.5) is 5.82 Å². The van der Waals surface area contributed by atoms with Crippen molar-refractivity contribution in [1.29, 1.82) is 5.26 Å². The summed E-state index contributed by atoms with van der Waals surface area (Å²) in [5.74, 6) is 0.107. The second-order valence-electron chi connectivity index (χ2n) is 7.59. The van der Waals surface area contributed by atoms with E-state index >= 15 is 0 Å². The third kappa shape index (κ3) is 4.14. The highest BCUT2D eigenvalue weighted by molar-refractivity contribution is 7.10. The standard InChI is InChI=1S/C23H23N3O4S/c1-14-15(2)26(11-16-6-5-9-29-16)22(18(14)10-24)25-21(27)12-30-23(28)19-13-31-20-8-4-3-7-17(19)20/h5-6,9,13H,3-4,7-8,11-12H2,1-2H3,(H,25,27). The van der Waals surface area contributed by atoms with Crippen LogP contribution in [0.1, 0.15) is 56.2 Å². The molecule has 0 saturated carbocycles. The average Bonchev–Trinajstić information content (AvgIpc) is 3.48. The lowest BCUT2D eigenvalue weighted by atomic mass is 9.96. The van der Waals surface area contributed by atoms with Crippen LogP contribution in [-0.4, -0.2) is 23.1 Å². The summed E-state index contributed by atoms with van der Waals surface area (Å²) in [6.07, 6.45) is 5.65. The number of nitrogens with one attached hydrogen (secondary N) is 1. The molecule has 0 fully saturated rings. The number of esters is 1. The predicted octanol–water partition coefficient (Wildman–Crippen LogP) is 4.35. The summed E-state index contributed by atoms with van der Waals surface area (Å²) in [6.45, 7) is 3.67. The number of hydrogen-bond acceptors (Lipinski definition) is 6. The molecule has 0 radical (unpaired) electrons. The third-order valence-corrected chi connectivity index (χ3v) is 6.80. The Morgan fingerprint density at radius 1 is 1.32 bits per heavy atom. The maximum Gasteiger partial charge on any atom is 0.339 e. The van der Waals surface area contributed by atoms with E-state index in [0.717, 1.165) is 42.5 Å². The highest BCUT2D eigenvalue weighted by Gasteiger charge is 2.23. The highest BCUT2D eigenvalue weighted by atomic mass is 32.1. The van der Waals surface area contributed by atoms with E-state index in [-0.39, 0.29) is 0 Å². The van der Waals surface area contributed by atoms with Crippen molar-refractivity contribution in [3.05, 3.63) is 62.4 Å². The summed E-state index contributed by atoms with van der Waals surface area (Å²) in [5.41, 5.74) is 3.65. The van der Waals surface area contributed by atoms with Gasteiger partial charge >= 0.3 is 5.97 Å². The van der Waals surface area contributed by atoms with Crippen molar-refractivity contribution < 1.29 is 18.7 Å². The van der Waals surface area contributed by atoms with Crippen LogP contribution < -0.4 is 5.32 Å². The molecule has 8 heteroatoms. The molecule has 0 spiro atoms. The van der Waals surface area contributed by atoms with Gasteiger partial charge in [0.05, 0.1) is 23.9 Å². The Kier molecular flexibility index (Phi) is 5.96. The first-order valence-corrected chi connectivity index (χ1v) is 11.1. The fourth-order valence-corrected chi connectivity index (χ4v) is 5.04. The van der Waals surface area contributed by atoms with Crippen LogP contribution in [0.15, 0.2) is 28.2 Å². The van der Waals surface area contributed by atoms with Gasteiger partial charge in [-0.1, -0.05) is 0 Å². The van der Waals surface area contributed by atoms with Crippen LogP contribution in [0.25, 0.3) is 0 Å². The van der Waals surface area contributed by atoms with Gasteiger partial charge in [0.2, 0.25) is 0 Å². The van der Waals surface area contributed by atoms with Gasteiger partial charge in [0.15, 0.2) is 6.61 Å². The van der Waals surface area contributed by atoms with Gasteiger partial charge in [0, 0.05) is 16.0 Å². The van der Waals surface area contributed by atoms with Crippen LogP contribution in [0, 0.1) is 25.2 Å². The number of amides is 1. The number of aromatic nitrogens is 1. The molecule has 0 aliphatic heterocycles. The second-order valence-corrected chi connectivity index (χ2v) is 8.56. The molecule has 0 atom stereocenters. The molecule has 31 heavy (non-hydrogen) atoms. The van der Waals surface area contributed by atoms with Gasteiger partial charge in [0.25, 0.3) is 5.91 Å². The van der Waals surface area contributed by atoms with Gasteiger partial charge in [-0.3, -0.25) is 4.79 Å². The van der Waals surface area contributed by atoms with Crippen molar-refractivity contribution in [3.8, 4) is 6.07 Å². The van der Waals surface area contributed by atoms with Crippen molar-refractivity contribution in [2.75, 3.05) is 11.9 Å². The minimum atomic E-state index is -0.493. The van der Waals surface area contributed by atoms with Crippen LogP contribution in [0.2, 0.25) is 0 Å². The molecule has 3 aromatic heterocycles. The molecule has 1 aliphatic carbocycles. The molecule has 160 valence electrons. The normalized spacial score (nSPS) is 12.8. The average molecular weight is 438 g/mol. The van der Waals surface area contributed by atoms with Gasteiger partial charge in [0.1, 0.15) is 17.6 Å². The van der Waals surface area contributed by atoms with Crippen molar-refractivity contribution >= 4 is 29.0 Å². The Morgan fingerprint density at radius 3 is 2.87 bits per heavy atom. The maximum absolute atomic E-state index is 12.6. The van der Waals surface area contributed by atoms with Crippen LogP contribution >= 0.6 is 11.3 Å². The lowest BCUT2D eigenvalue weighted by Crippen LogP contribution is -2.23. The number of carbonyl (C=O) groups is 2. The van der Waals surface area contributed by atoms with E-state index in [1.54, 1.807) is 23.7 Å². The van der Waals surface area contributed by atoms with Crippen molar-refractivity contribution in [3.63, 3.8) is 0 Å². The summed E-state index contributed by atoms with van der Waals surface area (Å²) < 4.78 is 12.5. The fourth-order valence-electron chi connectivity index (χ4n) is 3.93. The topological polar surface area (TPSA) is 97.3 Å². The van der Waals surface area contributed by atoms with Gasteiger partial charge in [-0.15, -0.1) is 11.3 Å². The number of thiophene rings is 1. The molecule has 0 saturated heterocycles. The first-order chi connectivity index (χ1) is 15.0. The summed E-state index contributed by atoms with van der Waals surface area (Å²) >= 11 is 1.58. The molecular weight excluding hydrogens is 414 g/mol. The van der Waals surface area contributed by atoms with Gasteiger partial charge in [-0.2, -0.15) is 5.26 Å². The van der Waals surface area contributed by atoms with E-state index in [9.17, 15) is 14.9 Å². The quantitative estimate of drug-likeness (QED) is 0.578. The Bertz CT molecular complexity index is 1160. The number of ether oxygens (including phenoxy) is 1. The van der Waals surface area contributed by atoms with Crippen molar-refractivity contribution in [1.82, 2.24) is 4.57 Å². The van der Waals surface area contributed by atoms with Crippen LogP contribution in [0.3, 0.4) is 0 Å². The molecule has 0 unspecified atom stereocenters. The molecule has 0 bridgehead atoms. The third-order valence-electron chi connectivity index (χ3n) is 5.71. The Balaban J connectivity index is 1.47. The molecular formula is C23H23N3O4S.